The number of hydrogen-bond acceptors (Lipinski definition) is 7. The van der Waals surface area contributed by atoms with Crippen molar-refractivity contribution >= 4 is 33.9 Å². The molecule has 2 aliphatic rings. The first-order valence-electron chi connectivity index (χ1n) is 10.9. The number of fused-ring (bicyclic) bond motifs is 1. The number of amides is 1. The summed E-state index contributed by atoms with van der Waals surface area (Å²) in [5, 5.41) is 4.52. The third-order valence-corrected chi connectivity index (χ3v) is 7.16. The van der Waals surface area contributed by atoms with Gasteiger partial charge in [-0.1, -0.05) is 0 Å². The number of thiophene rings is 1. The molecule has 1 amide bonds. The van der Waals surface area contributed by atoms with Gasteiger partial charge in [-0.15, -0.1) is 11.3 Å². The second-order valence-corrected chi connectivity index (χ2v) is 10.8. The van der Waals surface area contributed by atoms with Crippen LogP contribution in [-0.2, 0) is 21.6 Å². The van der Waals surface area contributed by atoms with E-state index in [1.807, 2.05) is 13.8 Å². The van der Waals surface area contributed by atoms with E-state index in [9.17, 15) is 14.4 Å². The molecule has 2 aromatic heterocycles. The number of aromatic nitrogens is 2. The number of carbonyl (C=O) groups excluding carboxylic acids is 1. The molecule has 1 aliphatic heterocycles. The van der Waals surface area contributed by atoms with Crippen LogP contribution in [0.4, 0.5) is 4.79 Å². The number of hydrogen-bond donors (Lipinski definition) is 1. The molecule has 1 aliphatic carbocycles. The lowest BCUT2D eigenvalue weighted by Crippen LogP contribution is -2.45. The Kier molecular flexibility index (Phi) is 5.79. The summed E-state index contributed by atoms with van der Waals surface area (Å²) in [7, 11) is 0. The maximum Gasteiger partial charge on any atom is 0.428 e. The van der Waals surface area contributed by atoms with Crippen molar-refractivity contribution in [1.29, 1.82) is 0 Å². The third-order valence-electron chi connectivity index (χ3n) is 5.91. The molecular formula is C22H30N4O5S. The number of rotatable bonds is 5. The van der Waals surface area contributed by atoms with E-state index >= 15 is 0 Å². The molecule has 9 nitrogen and oxygen atoms in total. The standard InChI is InChI=1S/C22H30N4O5S/c1-13-15(11-23-24-19(28)31-21(2,3)4)32-18-16(13)17(27)26(22(5)8-9-22)20(29)25(18)12-14-7-6-10-30-14/h11,14H,6-10,12H2,1-5H3,(H,24,28)/b23-11+. The Bertz CT molecular complexity index is 1190. The molecule has 2 aromatic rings. The summed E-state index contributed by atoms with van der Waals surface area (Å²) in [6.45, 7) is 10.2. The van der Waals surface area contributed by atoms with Gasteiger partial charge in [-0.2, -0.15) is 5.10 Å². The number of nitrogens with one attached hydrogen (secondary N) is 1. The van der Waals surface area contributed by atoms with Crippen LogP contribution in [0.2, 0.25) is 0 Å². The molecule has 1 N–H and O–H groups in total. The summed E-state index contributed by atoms with van der Waals surface area (Å²) in [6.07, 6.45) is 4.28. The summed E-state index contributed by atoms with van der Waals surface area (Å²) in [4.78, 5) is 40.0. The van der Waals surface area contributed by atoms with Gasteiger partial charge in [0.25, 0.3) is 5.56 Å². The van der Waals surface area contributed by atoms with Crippen molar-refractivity contribution in [2.75, 3.05) is 6.61 Å². The Morgan fingerprint density at radius 3 is 2.69 bits per heavy atom. The van der Waals surface area contributed by atoms with E-state index in [1.165, 1.54) is 22.1 Å². The van der Waals surface area contributed by atoms with Crippen LogP contribution in [0.1, 0.15) is 63.8 Å². The van der Waals surface area contributed by atoms with Crippen LogP contribution in [0.25, 0.3) is 10.2 Å². The SMILES string of the molecule is Cc1c(/C=N/NC(=O)OC(C)(C)C)sc2c1c(=O)n(C1(C)CC1)c(=O)n2CC1CCCO1. The molecule has 1 atom stereocenters. The van der Waals surface area contributed by atoms with E-state index in [1.54, 1.807) is 25.3 Å². The molecule has 1 unspecified atom stereocenters. The number of aryl methyl sites for hydroxylation is 1. The first-order chi connectivity index (χ1) is 15.0. The predicted octanol–water partition coefficient (Wildman–Crippen LogP) is 3.08. The van der Waals surface area contributed by atoms with Crippen LogP contribution < -0.4 is 16.7 Å². The van der Waals surface area contributed by atoms with Gasteiger partial charge in [0.05, 0.1) is 34.7 Å². The minimum atomic E-state index is -0.660. The number of nitrogens with zero attached hydrogens (tertiary/aromatic N) is 3. The van der Waals surface area contributed by atoms with Gasteiger partial charge in [0.2, 0.25) is 0 Å². The highest BCUT2D eigenvalue weighted by Gasteiger charge is 2.43. The van der Waals surface area contributed by atoms with Gasteiger partial charge in [0.1, 0.15) is 10.4 Å². The summed E-state index contributed by atoms with van der Waals surface area (Å²) in [5.74, 6) is 0. The number of hydrazone groups is 1. The molecule has 0 bridgehead atoms. The fraction of sp³-hybridized carbons (Fsp3) is 0.636. The molecule has 0 aromatic carbocycles. The van der Waals surface area contributed by atoms with Crippen molar-refractivity contribution < 1.29 is 14.3 Å². The fourth-order valence-corrected chi connectivity index (χ4v) is 5.14. The summed E-state index contributed by atoms with van der Waals surface area (Å²) < 4.78 is 14.1. The molecule has 2 fully saturated rings. The molecule has 10 heteroatoms. The zero-order chi connectivity index (χ0) is 23.3. The molecule has 0 spiro atoms. The Morgan fingerprint density at radius 1 is 1.38 bits per heavy atom. The molecule has 3 heterocycles. The average molecular weight is 463 g/mol. The van der Waals surface area contributed by atoms with Crippen LogP contribution in [0.5, 0.6) is 0 Å². The Balaban J connectivity index is 1.75. The van der Waals surface area contributed by atoms with Crippen LogP contribution in [0, 0.1) is 6.92 Å². The Morgan fingerprint density at radius 2 is 2.09 bits per heavy atom. The lowest BCUT2D eigenvalue weighted by molar-refractivity contribution is 0.0529. The Labute approximate surface area is 190 Å². The van der Waals surface area contributed by atoms with Gasteiger partial charge in [0, 0.05) is 6.61 Å². The van der Waals surface area contributed by atoms with E-state index in [0.29, 0.717) is 28.2 Å². The molecule has 0 radical (unpaired) electrons. The van der Waals surface area contributed by atoms with Crippen LogP contribution >= 0.6 is 11.3 Å². The topological polar surface area (TPSA) is 104 Å². The normalized spacial score (nSPS) is 20.2. The van der Waals surface area contributed by atoms with Gasteiger partial charge < -0.3 is 9.47 Å². The highest BCUT2D eigenvalue weighted by molar-refractivity contribution is 7.20. The summed E-state index contributed by atoms with van der Waals surface area (Å²) in [5.41, 5.74) is 1.48. The second-order valence-electron chi connectivity index (χ2n) is 9.81. The van der Waals surface area contributed by atoms with E-state index in [0.717, 1.165) is 31.2 Å². The largest absolute Gasteiger partial charge is 0.443 e. The highest BCUT2D eigenvalue weighted by Crippen LogP contribution is 2.41. The van der Waals surface area contributed by atoms with Crippen molar-refractivity contribution in [2.24, 2.45) is 5.10 Å². The van der Waals surface area contributed by atoms with Crippen molar-refractivity contribution in [3.63, 3.8) is 0 Å². The highest BCUT2D eigenvalue weighted by atomic mass is 32.1. The van der Waals surface area contributed by atoms with E-state index < -0.39 is 17.2 Å². The zero-order valence-corrected chi connectivity index (χ0v) is 20.0. The Hall–Kier alpha value is -2.46. The van der Waals surface area contributed by atoms with Crippen LogP contribution in [0.15, 0.2) is 14.7 Å². The molecule has 1 saturated heterocycles. The zero-order valence-electron chi connectivity index (χ0n) is 19.2. The van der Waals surface area contributed by atoms with Crippen LogP contribution in [0.3, 0.4) is 0 Å². The maximum absolute atomic E-state index is 13.4. The minimum absolute atomic E-state index is 0.0396. The predicted molar refractivity (Wildman–Crippen MR) is 124 cm³/mol. The first kappa shape index (κ1) is 22.7. The lowest BCUT2D eigenvalue weighted by Gasteiger charge is -2.18. The first-order valence-corrected chi connectivity index (χ1v) is 11.7. The minimum Gasteiger partial charge on any atom is -0.443 e. The monoisotopic (exact) mass is 462 g/mol. The molecule has 32 heavy (non-hydrogen) atoms. The smallest absolute Gasteiger partial charge is 0.428 e. The quantitative estimate of drug-likeness (QED) is 0.543. The van der Waals surface area contributed by atoms with Crippen LogP contribution in [-0.4, -0.2) is 39.8 Å². The van der Waals surface area contributed by atoms with Crippen molar-refractivity contribution in [3.05, 3.63) is 31.3 Å². The van der Waals surface area contributed by atoms with Crippen molar-refractivity contribution in [2.45, 2.75) is 84.1 Å². The summed E-state index contributed by atoms with van der Waals surface area (Å²) in [6, 6.07) is 0. The van der Waals surface area contributed by atoms with Crippen molar-refractivity contribution in [1.82, 2.24) is 14.6 Å². The molecular weight excluding hydrogens is 432 g/mol. The average Bonchev–Trinajstić information content (AvgIpc) is 3.09. The van der Waals surface area contributed by atoms with E-state index in [2.05, 4.69) is 10.5 Å². The third kappa shape index (κ3) is 4.38. The summed E-state index contributed by atoms with van der Waals surface area (Å²) >= 11 is 1.32. The van der Waals surface area contributed by atoms with Gasteiger partial charge in [-0.05, 0) is 65.9 Å². The van der Waals surface area contributed by atoms with Crippen molar-refractivity contribution in [3.8, 4) is 0 Å². The van der Waals surface area contributed by atoms with E-state index in [4.69, 9.17) is 9.47 Å². The second kappa shape index (κ2) is 8.15. The number of ether oxygens (including phenoxy) is 2. The lowest BCUT2D eigenvalue weighted by atomic mass is 10.2. The van der Waals surface area contributed by atoms with Gasteiger partial charge in [-0.25, -0.2) is 15.0 Å². The number of carbonyl (C=O) groups is 1. The van der Waals surface area contributed by atoms with Gasteiger partial charge >= 0.3 is 11.8 Å². The van der Waals surface area contributed by atoms with Gasteiger partial charge in [-0.3, -0.25) is 13.9 Å². The van der Waals surface area contributed by atoms with E-state index in [-0.39, 0.29) is 17.4 Å². The molecule has 4 rings (SSSR count). The fourth-order valence-electron chi connectivity index (χ4n) is 3.96. The molecule has 174 valence electrons. The van der Waals surface area contributed by atoms with Gasteiger partial charge in [0.15, 0.2) is 0 Å². The maximum atomic E-state index is 13.4. The molecule has 1 saturated carbocycles.